The molecular weight excluding hydrogens is 364 g/mol. The minimum Gasteiger partial charge on any atom is -0.376 e. The molecule has 0 radical (unpaired) electrons. The van der Waals surface area contributed by atoms with Crippen LogP contribution in [0.3, 0.4) is 0 Å². The summed E-state index contributed by atoms with van der Waals surface area (Å²) in [4.78, 5) is 4.64. The lowest BCUT2D eigenvalue weighted by Gasteiger charge is -2.31. The number of nitrogens with zero attached hydrogens (tertiary/aromatic N) is 2. The summed E-state index contributed by atoms with van der Waals surface area (Å²) in [7, 11) is -1.61. The molecule has 1 atom stereocenters. The third kappa shape index (κ3) is 5.43. The maximum atomic E-state index is 12.7. The van der Waals surface area contributed by atoms with E-state index in [9.17, 15) is 8.42 Å². The van der Waals surface area contributed by atoms with E-state index in [4.69, 9.17) is 4.74 Å². The standard InChI is InChI=1S/C19H30N4O3S/c1-20-19(22-15-17-6-5-13-26-17)21-14-16-9-11-23(12-10-16)27(24,25)18-7-3-2-4-8-18/h2-4,7-8,16-17H,5-6,9-15H2,1H3,(H2,20,21,22). The molecule has 7 nitrogen and oxygen atoms in total. The average Bonchev–Trinajstić information content (AvgIpc) is 3.23. The van der Waals surface area contributed by atoms with Crippen molar-refractivity contribution < 1.29 is 13.2 Å². The van der Waals surface area contributed by atoms with Crippen LogP contribution in [0.5, 0.6) is 0 Å². The van der Waals surface area contributed by atoms with E-state index in [-0.39, 0.29) is 6.10 Å². The topological polar surface area (TPSA) is 83.0 Å². The number of benzene rings is 1. The van der Waals surface area contributed by atoms with Crippen LogP contribution in [0.4, 0.5) is 0 Å². The van der Waals surface area contributed by atoms with Gasteiger partial charge in [0.15, 0.2) is 5.96 Å². The van der Waals surface area contributed by atoms with Crippen LogP contribution in [0.15, 0.2) is 40.2 Å². The molecule has 0 aromatic heterocycles. The largest absolute Gasteiger partial charge is 0.376 e. The van der Waals surface area contributed by atoms with E-state index in [1.165, 1.54) is 0 Å². The first-order valence-corrected chi connectivity index (χ1v) is 11.1. The molecule has 2 aliphatic heterocycles. The minimum atomic E-state index is -3.38. The van der Waals surface area contributed by atoms with Crippen LogP contribution >= 0.6 is 0 Å². The lowest BCUT2D eigenvalue weighted by atomic mass is 9.98. The SMILES string of the molecule is CN=C(NCC1CCN(S(=O)(=O)c2ccccc2)CC1)NCC1CCCO1. The zero-order valence-corrected chi connectivity index (χ0v) is 16.7. The molecule has 3 rings (SSSR count). The maximum Gasteiger partial charge on any atom is 0.243 e. The van der Waals surface area contributed by atoms with Crippen molar-refractivity contribution in [3.63, 3.8) is 0 Å². The molecule has 0 bridgehead atoms. The molecule has 2 N–H and O–H groups in total. The molecule has 1 aromatic rings. The Bertz CT molecular complexity index is 710. The molecule has 1 unspecified atom stereocenters. The number of aliphatic imine (C=N–C) groups is 1. The number of rotatable bonds is 6. The molecule has 2 heterocycles. The highest BCUT2D eigenvalue weighted by Gasteiger charge is 2.29. The zero-order valence-electron chi connectivity index (χ0n) is 15.9. The Balaban J connectivity index is 1.42. The number of nitrogens with one attached hydrogen (secondary N) is 2. The third-order valence-electron chi connectivity index (χ3n) is 5.26. The first-order valence-electron chi connectivity index (χ1n) is 9.71. The Morgan fingerprint density at radius 1 is 1.15 bits per heavy atom. The van der Waals surface area contributed by atoms with Crippen LogP contribution < -0.4 is 10.6 Å². The predicted octanol–water partition coefficient (Wildman–Crippen LogP) is 1.43. The molecule has 2 aliphatic rings. The lowest BCUT2D eigenvalue weighted by Crippen LogP contribution is -2.45. The monoisotopic (exact) mass is 394 g/mol. The molecule has 0 spiro atoms. The van der Waals surface area contributed by atoms with E-state index in [1.54, 1.807) is 35.6 Å². The zero-order chi connectivity index (χ0) is 19.1. The summed E-state index contributed by atoms with van der Waals surface area (Å²) in [6, 6.07) is 8.67. The van der Waals surface area contributed by atoms with E-state index in [0.717, 1.165) is 51.3 Å². The van der Waals surface area contributed by atoms with Gasteiger partial charge in [0.25, 0.3) is 0 Å². The molecular formula is C19H30N4O3S. The van der Waals surface area contributed by atoms with Gasteiger partial charge in [0, 0.05) is 39.8 Å². The van der Waals surface area contributed by atoms with Gasteiger partial charge in [0.05, 0.1) is 11.0 Å². The van der Waals surface area contributed by atoms with Crippen molar-refractivity contribution in [1.82, 2.24) is 14.9 Å². The van der Waals surface area contributed by atoms with E-state index < -0.39 is 10.0 Å². The summed E-state index contributed by atoms with van der Waals surface area (Å²) >= 11 is 0. The molecule has 1 aromatic carbocycles. The number of piperidine rings is 1. The van der Waals surface area contributed by atoms with Crippen LogP contribution in [-0.2, 0) is 14.8 Å². The normalized spacial score (nSPS) is 22.7. The highest BCUT2D eigenvalue weighted by atomic mass is 32.2. The van der Waals surface area contributed by atoms with Crippen molar-refractivity contribution in [2.45, 2.75) is 36.7 Å². The number of hydrogen-bond donors (Lipinski definition) is 2. The van der Waals surface area contributed by atoms with Crippen molar-refractivity contribution in [1.29, 1.82) is 0 Å². The molecule has 2 saturated heterocycles. The first-order chi connectivity index (χ1) is 13.1. The highest BCUT2D eigenvalue weighted by Crippen LogP contribution is 2.23. The summed E-state index contributed by atoms with van der Waals surface area (Å²) < 4.78 is 32.6. The van der Waals surface area contributed by atoms with Gasteiger partial charge in [-0.1, -0.05) is 18.2 Å². The van der Waals surface area contributed by atoms with Gasteiger partial charge >= 0.3 is 0 Å². The molecule has 8 heteroatoms. The summed E-state index contributed by atoms with van der Waals surface area (Å²) in [5, 5.41) is 6.68. The van der Waals surface area contributed by atoms with Gasteiger partial charge in [-0.15, -0.1) is 0 Å². The summed E-state index contributed by atoms with van der Waals surface area (Å²) in [6.07, 6.45) is 4.19. The number of ether oxygens (including phenoxy) is 1. The Kier molecular flexibility index (Phi) is 7.09. The third-order valence-corrected chi connectivity index (χ3v) is 7.17. The van der Waals surface area contributed by atoms with Crippen LogP contribution in [0.1, 0.15) is 25.7 Å². The van der Waals surface area contributed by atoms with Crippen LogP contribution in [0, 0.1) is 5.92 Å². The van der Waals surface area contributed by atoms with Crippen molar-refractivity contribution in [2.24, 2.45) is 10.9 Å². The fourth-order valence-corrected chi connectivity index (χ4v) is 5.06. The number of sulfonamides is 1. The molecule has 0 saturated carbocycles. The van der Waals surface area contributed by atoms with Crippen molar-refractivity contribution in [3.05, 3.63) is 30.3 Å². The molecule has 27 heavy (non-hydrogen) atoms. The minimum absolute atomic E-state index is 0.273. The Labute approximate surface area is 162 Å². The quantitative estimate of drug-likeness (QED) is 0.563. The van der Waals surface area contributed by atoms with E-state index in [1.807, 2.05) is 6.07 Å². The maximum absolute atomic E-state index is 12.7. The summed E-state index contributed by atoms with van der Waals surface area (Å²) in [5.41, 5.74) is 0. The van der Waals surface area contributed by atoms with Crippen molar-refractivity contribution in [2.75, 3.05) is 39.8 Å². The van der Waals surface area contributed by atoms with E-state index in [2.05, 4.69) is 15.6 Å². The predicted molar refractivity (Wildman–Crippen MR) is 106 cm³/mol. The smallest absolute Gasteiger partial charge is 0.243 e. The van der Waals surface area contributed by atoms with Gasteiger partial charge < -0.3 is 15.4 Å². The number of guanidine groups is 1. The van der Waals surface area contributed by atoms with Crippen LogP contribution in [0.2, 0.25) is 0 Å². The van der Waals surface area contributed by atoms with Gasteiger partial charge in [-0.05, 0) is 43.7 Å². The Morgan fingerprint density at radius 3 is 2.48 bits per heavy atom. The van der Waals surface area contributed by atoms with Gasteiger partial charge in [0.1, 0.15) is 0 Å². The van der Waals surface area contributed by atoms with Crippen molar-refractivity contribution in [3.8, 4) is 0 Å². The van der Waals surface area contributed by atoms with Gasteiger partial charge in [0.2, 0.25) is 10.0 Å². The molecule has 150 valence electrons. The van der Waals surface area contributed by atoms with E-state index in [0.29, 0.717) is 23.9 Å². The highest BCUT2D eigenvalue weighted by molar-refractivity contribution is 7.89. The summed E-state index contributed by atoms with van der Waals surface area (Å²) in [6.45, 7) is 3.54. The van der Waals surface area contributed by atoms with Crippen LogP contribution in [-0.4, -0.2) is 64.6 Å². The van der Waals surface area contributed by atoms with Crippen LogP contribution in [0.25, 0.3) is 0 Å². The fourth-order valence-electron chi connectivity index (χ4n) is 3.57. The molecule has 2 fully saturated rings. The second kappa shape index (κ2) is 9.52. The molecule has 0 aliphatic carbocycles. The van der Waals surface area contributed by atoms with Gasteiger partial charge in [-0.3, -0.25) is 4.99 Å². The second-order valence-corrected chi connectivity index (χ2v) is 9.07. The second-order valence-electron chi connectivity index (χ2n) is 7.13. The summed E-state index contributed by atoms with van der Waals surface area (Å²) in [5.74, 6) is 1.22. The average molecular weight is 395 g/mol. The first kappa shape index (κ1) is 20.1. The molecule has 0 amide bonds. The lowest BCUT2D eigenvalue weighted by molar-refractivity contribution is 0.113. The van der Waals surface area contributed by atoms with E-state index >= 15 is 0 Å². The van der Waals surface area contributed by atoms with Gasteiger partial charge in [-0.25, -0.2) is 8.42 Å². The Hall–Kier alpha value is -1.64. The van der Waals surface area contributed by atoms with Crippen molar-refractivity contribution >= 4 is 16.0 Å². The number of hydrogen-bond acceptors (Lipinski definition) is 4. The fraction of sp³-hybridized carbons (Fsp3) is 0.632. The van der Waals surface area contributed by atoms with Gasteiger partial charge in [-0.2, -0.15) is 4.31 Å². The Morgan fingerprint density at radius 2 is 1.85 bits per heavy atom.